The van der Waals surface area contributed by atoms with Crippen molar-refractivity contribution in [3.05, 3.63) is 88.7 Å². The molecule has 0 spiro atoms. The quantitative estimate of drug-likeness (QED) is 0.522. The molecule has 7 nitrogen and oxygen atoms in total. The van der Waals surface area contributed by atoms with Gasteiger partial charge in [-0.15, -0.1) is 0 Å². The first kappa shape index (κ1) is 21.3. The van der Waals surface area contributed by atoms with E-state index in [4.69, 9.17) is 16.7 Å². The number of nitrogens with one attached hydrogen (secondary N) is 2. The topological polar surface area (TPSA) is 113 Å². The predicted molar refractivity (Wildman–Crippen MR) is 110 cm³/mol. The Morgan fingerprint density at radius 2 is 1.57 bits per heavy atom. The number of rotatable bonds is 6. The van der Waals surface area contributed by atoms with E-state index < -0.39 is 33.3 Å². The lowest BCUT2D eigenvalue weighted by atomic mass is 10.1. The molecule has 154 valence electrons. The predicted octanol–water partition coefficient (Wildman–Crippen LogP) is 4.23. The van der Waals surface area contributed by atoms with Gasteiger partial charge in [0.05, 0.1) is 16.1 Å². The summed E-state index contributed by atoms with van der Waals surface area (Å²) in [5.41, 5.74) is -0.0930. The number of carbonyl (C=O) groups is 2. The van der Waals surface area contributed by atoms with Gasteiger partial charge < -0.3 is 10.4 Å². The van der Waals surface area contributed by atoms with Crippen LogP contribution in [0.5, 0.6) is 0 Å². The van der Waals surface area contributed by atoms with Crippen molar-refractivity contribution in [2.75, 3.05) is 10.0 Å². The molecule has 0 aromatic heterocycles. The van der Waals surface area contributed by atoms with Gasteiger partial charge in [-0.25, -0.2) is 17.6 Å². The van der Waals surface area contributed by atoms with E-state index in [-0.39, 0.29) is 16.1 Å². The van der Waals surface area contributed by atoms with Crippen LogP contribution in [0.4, 0.5) is 15.8 Å². The standard InChI is InChI=1S/C20H14ClFN2O5S/c21-13-3-6-15(7-4-13)24-30(28,29)16-8-1-12(2-9-16)19(25)23-18-10-5-14(22)11-17(18)20(26)27/h1-11,24H,(H,23,25)(H,26,27). The van der Waals surface area contributed by atoms with Crippen LogP contribution >= 0.6 is 11.6 Å². The van der Waals surface area contributed by atoms with Crippen molar-refractivity contribution >= 4 is 44.9 Å². The van der Waals surface area contributed by atoms with E-state index in [2.05, 4.69) is 10.0 Å². The monoisotopic (exact) mass is 448 g/mol. The molecule has 0 heterocycles. The maximum absolute atomic E-state index is 13.3. The Kier molecular flexibility index (Phi) is 6.04. The molecule has 3 aromatic carbocycles. The number of sulfonamides is 1. The van der Waals surface area contributed by atoms with Gasteiger partial charge in [-0.1, -0.05) is 11.6 Å². The van der Waals surface area contributed by atoms with Gasteiger partial charge in [0.25, 0.3) is 15.9 Å². The van der Waals surface area contributed by atoms with Gasteiger partial charge in [-0.05, 0) is 66.7 Å². The van der Waals surface area contributed by atoms with Gasteiger partial charge in [0, 0.05) is 16.3 Å². The average Bonchev–Trinajstić information content (AvgIpc) is 2.71. The molecule has 3 rings (SSSR count). The summed E-state index contributed by atoms with van der Waals surface area (Å²) in [7, 11) is -3.89. The Bertz CT molecular complexity index is 1210. The van der Waals surface area contributed by atoms with E-state index in [9.17, 15) is 22.4 Å². The molecule has 3 N–H and O–H groups in total. The molecule has 0 saturated heterocycles. The number of amides is 1. The second-order valence-corrected chi connectivity index (χ2v) is 8.20. The molecule has 30 heavy (non-hydrogen) atoms. The summed E-state index contributed by atoms with van der Waals surface area (Å²) in [6, 6.07) is 14.0. The molecule has 0 fully saturated rings. The molecule has 1 amide bonds. The van der Waals surface area contributed by atoms with Gasteiger partial charge in [0.1, 0.15) is 5.82 Å². The number of hydrogen-bond donors (Lipinski definition) is 3. The third kappa shape index (κ3) is 4.94. The summed E-state index contributed by atoms with van der Waals surface area (Å²) in [5.74, 6) is -2.84. The molecule has 10 heteroatoms. The fourth-order valence-electron chi connectivity index (χ4n) is 2.51. The lowest BCUT2D eigenvalue weighted by Gasteiger charge is -2.10. The molecule has 0 aliphatic rings. The fourth-order valence-corrected chi connectivity index (χ4v) is 3.70. The second kappa shape index (κ2) is 8.52. The van der Waals surface area contributed by atoms with Gasteiger partial charge in [0.15, 0.2) is 0 Å². The Labute approximate surface area is 176 Å². The number of benzene rings is 3. The van der Waals surface area contributed by atoms with Crippen molar-refractivity contribution in [3.63, 3.8) is 0 Å². The largest absolute Gasteiger partial charge is 0.478 e. The summed E-state index contributed by atoms with van der Waals surface area (Å²) < 4.78 is 40.6. The van der Waals surface area contributed by atoms with E-state index in [0.29, 0.717) is 10.7 Å². The molecule has 0 atom stereocenters. The van der Waals surface area contributed by atoms with Crippen LogP contribution in [0.2, 0.25) is 5.02 Å². The summed E-state index contributed by atoms with van der Waals surface area (Å²) in [5, 5.41) is 12.0. The Balaban J connectivity index is 1.77. The number of halogens is 2. The molecule has 3 aromatic rings. The van der Waals surface area contributed by atoms with Gasteiger partial charge in [0.2, 0.25) is 0 Å². The molecule has 0 unspecified atom stereocenters. The molecule has 0 aliphatic heterocycles. The first-order valence-electron chi connectivity index (χ1n) is 8.38. The van der Waals surface area contributed by atoms with Crippen molar-refractivity contribution in [2.24, 2.45) is 0 Å². The van der Waals surface area contributed by atoms with Crippen molar-refractivity contribution in [1.29, 1.82) is 0 Å². The minimum Gasteiger partial charge on any atom is -0.478 e. The minimum absolute atomic E-state index is 0.0815. The van der Waals surface area contributed by atoms with Crippen LogP contribution in [-0.2, 0) is 10.0 Å². The normalized spacial score (nSPS) is 11.0. The summed E-state index contributed by atoms with van der Waals surface area (Å²) in [6.07, 6.45) is 0. The Morgan fingerprint density at radius 3 is 2.17 bits per heavy atom. The molecule has 0 aliphatic carbocycles. The number of hydrogen-bond acceptors (Lipinski definition) is 4. The SMILES string of the molecule is O=C(Nc1ccc(F)cc1C(=O)O)c1ccc(S(=O)(=O)Nc2ccc(Cl)cc2)cc1. The van der Waals surface area contributed by atoms with Crippen LogP contribution in [0.25, 0.3) is 0 Å². The molecular formula is C20H14ClFN2O5S. The molecule has 0 radical (unpaired) electrons. The number of anilines is 2. The highest BCUT2D eigenvalue weighted by molar-refractivity contribution is 7.92. The lowest BCUT2D eigenvalue weighted by Crippen LogP contribution is -2.16. The zero-order valence-corrected chi connectivity index (χ0v) is 16.7. The smallest absolute Gasteiger partial charge is 0.337 e. The third-order valence-electron chi connectivity index (χ3n) is 3.98. The van der Waals surface area contributed by atoms with E-state index in [1.807, 2.05) is 0 Å². The number of aromatic carboxylic acids is 1. The van der Waals surface area contributed by atoms with E-state index in [0.717, 1.165) is 18.2 Å². The van der Waals surface area contributed by atoms with Crippen LogP contribution < -0.4 is 10.0 Å². The van der Waals surface area contributed by atoms with Crippen molar-refractivity contribution in [2.45, 2.75) is 4.90 Å². The van der Waals surface area contributed by atoms with Crippen molar-refractivity contribution in [1.82, 2.24) is 0 Å². The van der Waals surface area contributed by atoms with Gasteiger partial charge in [-0.3, -0.25) is 9.52 Å². The van der Waals surface area contributed by atoms with Crippen LogP contribution in [0.3, 0.4) is 0 Å². The van der Waals surface area contributed by atoms with Crippen LogP contribution in [0.1, 0.15) is 20.7 Å². The van der Waals surface area contributed by atoms with Crippen LogP contribution in [0.15, 0.2) is 71.6 Å². The number of carboxylic acid groups (broad SMARTS) is 1. The fraction of sp³-hybridized carbons (Fsp3) is 0. The zero-order chi connectivity index (χ0) is 21.9. The van der Waals surface area contributed by atoms with E-state index >= 15 is 0 Å². The first-order chi connectivity index (χ1) is 14.2. The van der Waals surface area contributed by atoms with E-state index in [1.165, 1.54) is 48.5 Å². The Hall–Kier alpha value is -3.43. The summed E-state index contributed by atoms with van der Waals surface area (Å²) >= 11 is 5.77. The molecule has 0 bridgehead atoms. The minimum atomic E-state index is -3.89. The second-order valence-electron chi connectivity index (χ2n) is 6.09. The number of carbonyl (C=O) groups excluding carboxylic acids is 1. The van der Waals surface area contributed by atoms with Crippen LogP contribution in [0, 0.1) is 5.82 Å². The highest BCUT2D eigenvalue weighted by Gasteiger charge is 2.17. The van der Waals surface area contributed by atoms with Gasteiger partial charge in [-0.2, -0.15) is 0 Å². The summed E-state index contributed by atoms with van der Waals surface area (Å²) in [4.78, 5) is 23.5. The highest BCUT2D eigenvalue weighted by Crippen LogP contribution is 2.21. The summed E-state index contributed by atoms with van der Waals surface area (Å²) in [6.45, 7) is 0. The Morgan fingerprint density at radius 1 is 0.933 bits per heavy atom. The molecule has 0 saturated carbocycles. The number of carboxylic acids is 1. The highest BCUT2D eigenvalue weighted by atomic mass is 35.5. The molecular weight excluding hydrogens is 435 g/mol. The third-order valence-corrected chi connectivity index (χ3v) is 5.63. The van der Waals surface area contributed by atoms with Crippen LogP contribution in [-0.4, -0.2) is 25.4 Å². The maximum atomic E-state index is 13.3. The van der Waals surface area contributed by atoms with Crippen molar-refractivity contribution in [3.8, 4) is 0 Å². The lowest BCUT2D eigenvalue weighted by molar-refractivity contribution is 0.0697. The zero-order valence-electron chi connectivity index (χ0n) is 15.1. The average molecular weight is 449 g/mol. The first-order valence-corrected chi connectivity index (χ1v) is 10.2. The van der Waals surface area contributed by atoms with E-state index in [1.54, 1.807) is 0 Å². The van der Waals surface area contributed by atoms with Crippen molar-refractivity contribution < 1.29 is 27.5 Å². The maximum Gasteiger partial charge on any atom is 0.337 e. The van der Waals surface area contributed by atoms with Gasteiger partial charge >= 0.3 is 5.97 Å².